The van der Waals surface area contributed by atoms with Gasteiger partial charge in [0.25, 0.3) is 0 Å². The second-order valence-corrected chi connectivity index (χ2v) is 22.8. The van der Waals surface area contributed by atoms with Crippen molar-refractivity contribution in [2.75, 3.05) is 0 Å². The van der Waals surface area contributed by atoms with Crippen molar-refractivity contribution in [1.82, 2.24) is 0 Å². The van der Waals surface area contributed by atoms with Gasteiger partial charge in [-0.2, -0.15) is 0 Å². The molecule has 0 fully saturated rings. The van der Waals surface area contributed by atoms with Crippen LogP contribution >= 0.6 is 0 Å². The Balaban J connectivity index is 1.77. The molecule has 0 saturated heterocycles. The first-order valence-electron chi connectivity index (χ1n) is 13.4. The third-order valence-electron chi connectivity index (χ3n) is 8.65. The summed E-state index contributed by atoms with van der Waals surface area (Å²) in [6, 6.07) is 23.8. The second-order valence-electron chi connectivity index (χ2n) is 13.4. The molecule has 0 N–H and O–H groups in total. The van der Waals surface area contributed by atoms with E-state index in [-0.39, 0.29) is 16.0 Å². The first kappa shape index (κ1) is 28.2. The predicted octanol–water partition coefficient (Wildman–Crippen LogP) is 8.92. The molecule has 0 radical (unpaired) electrons. The van der Waals surface area contributed by atoms with Crippen LogP contribution in [0, 0.1) is 0 Å². The Morgan fingerprint density at radius 1 is 0.632 bits per heavy atom. The molecular formula is C32H42O4Si2. The topological polar surface area (TPSA) is 44.8 Å². The summed E-state index contributed by atoms with van der Waals surface area (Å²) in [6.45, 7) is 22.4. The maximum Gasteiger partial charge on any atom is 0.340 e. The van der Waals surface area contributed by atoms with Crippen molar-refractivity contribution >= 4 is 22.6 Å². The normalized spacial score (nSPS) is 15.6. The molecule has 0 amide bonds. The van der Waals surface area contributed by atoms with Crippen LogP contribution < -0.4 is 8.85 Å². The lowest BCUT2D eigenvalue weighted by Gasteiger charge is -2.37. The van der Waals surface area contributed by atoms with Crippen molar-refractivity contribution < 1.29 is 18.4 Å². The molecule has 4 rings (SSSR count). The first-order valence-corrected chi connectivity index (χ1v) is 19.2. The van der Waals surface area contributed by atoms with Crippen LogP contribution in [0.5, 0.6) is 11.5 Å². The van der Waals surface area contributed by atoms with Crippen LogP contribution in [-0.2, 0) is 10.3 Å². The Morgan fingerprint density at radius 3 is 1.42 bits per heavy atom. The molecule has 0 atom stereocenters. The van der Waals surface area contributed by atoms with Crippen molar-refractivity contribution in [2.24, 2.45) is 0 Å². The van der Waals surface area contributed by atoms with Gasteiger partial charge < -0.3 is 13.6 Å². The minimum atomic E-state index is -1.98. The SMILES string of the molecule is CC(C)(C)[Si](C)(C)Oc1ccc(C2(c3ccc(O[Si](C)(C)C(C)(C)C)cc3)OC(=O)c3ccccc32)cc1. The standard InChI is InChI=1S/C32H42O4Si2/c1-30(2,3)37(7,8)35-25-19-15-23(16-20-25)32(28-14-12-11-13-27(28)29(33)34-32)24-17-21-26(22-18-24)36-38(9,10)31(4,5)6/h11-22H,1-10H3. The fourth-order valence-corrected chi connectivity index (χ4v) is 6.29. The van der Waals surface area contributed by atoms with E-state index < -0.39 is 22.2 Å². The van der Waals surface area contributed by atoms with E-state index in [4.69, 9.17) is 13.6 Å². The highest BCUT2D eigenvalue weighted by Crippen LogP contribution is 2.48. The van der Waals surface area contributed by atoms with Crippen LogP contribution in [0.1, 0.15) is 68.6 Å². The van der Waals surface area contributed by atoms with Gasteiger partial charge in [0.05, 0.1) is 5.56 Å². The smallest absolute Gasteiger partial charge is 0.340 e. The van der Waals surface area contributed by atoms with E-state index in [2.05, 4.69) is 67.7 Å². The molecule has 4 nitrogen and oxygen atoms in total. The molecule has 0 unspecified atom stereocenters. The molecule has 0 aliphatic carbocycles. The van der Waals surface area contributed by atoms with Gasteiger partial charge in [-0.1, -0.05) is 84.0 Å². The Hall–Kier alpha value is -2.84. The van der Waals surface area contributed by atoms with E-state index in [0.29, 0.717) is 5.56 Å². The zero-order chi connectivity index (χ0) is 28.1. The third kappa shape index (κ3) is 4.96. The van der Waals surface area contributed by atoms with Crippen molar-refractivity contribution in [3.63, 3.8) is 0 Å². The Kier molecular flexibility index (Phi) is 6.98. The summed E-state index contributed by atoms with van der Waals surface area (Å²) >= 11 is 0. The lowest BCUT2D eigenvalue weighted by atomic mass is 9.80. The van der Waals surface area contributed by atoms with E-state index in [9.17, 15) is 4.79 Å². The Morgan fingerprint density at radius 2 is 1.03 bits per heavy atom. The summed E-state index contributed by atoms with van der Waals surface area (Å²) in [5.74, 6) is 1.36. The molecule has 1 heterocycles. The number of hydrogen-bond acceptors (Lipinski definition) is 4. The largest absolute Gasteiger partial charge is 0.544 e. The number of fused-ring (bicyclic) bond motifs is 1. The van der Waals surface area contributed by atoms with Gasteiger partial charge in [0.2, 0.25) is 16.6 Å². The lowest BCUT2D eigenvalue weighted by Crippen LogP contribution is -2.43. The maximum atomic E-state index is 13.1. The lowest BCUT2D eigenvalue weighted by molar-refractivity contribution is 0.0251. The summed E-state index contributed by atoms with van der Waals surface area (Å²) in [6.07, 6.45) is 0. The van der Waals surface area contributed by atoms with Gasteiger partial charge in [0.15, 0.2) is 5.60 Å². The van der Waals surface area contributed by atoms with E-state index in [1.165, 1.54) is 0 Å². The van der Waals surface area contributed by atoms with Gasteiger partial charge in [0.1, 0.15) is 11.5 Å². The average molecular weight is 547 g/mol. The zero-order valence-corrected chi connectivity index (χ0v) is 26.6. The fraction of sp³-hybridized carbons (Fsp3) is 0.406. The molecule has 0 spiro atoms. The van der Waals surface area contributed by atoms with Crippen LogP contribution in [0.2, 0.25) is 36.3 Å². The number of carbonyl (C=O) groups excluding carboxylic acids is 1. The van der Waals surface area contributed by atoms with Gasteiger partial charge >= 0.3 is 5.97 Å². The molecule has 202 valence electrons. The summed E-state index contributed by atoms with van der Waals surface area (Å²) in [7, 11) is -3.96. The monoisotopic (exact) mass is 546 g/mol. The zero-order valence-electron chi connectivity index (χ0n) is 24.6. The van der Waals surface area contributed by atoms with Crippen LogP contribution in [0.25, 0.3) is 0 Å². The summed E-state index contributed by atoms with van der Waals surface area (Å²) < 4.78 is 19.3. The fourth-order valence-electron chi connectivity index (χ4n) is 4.22. The number of cyclic esters (lactones) is 1. The van der Waals surface area contributed by atoms with Crippen LogP contribution in [0.15, 0.2) is 72.8 Å². The van der Waals surface area contributed by atoms with Crippen molar-refractivity contribution in [3.05, 3.63) is 95.1 Å². The van der Waals surface area contributed by atoms with Crippen LogP contribution in [-0.4, -0.2) is 22.6 Å². The average Bonchev–Trinajstić information content (AvgIpc) is 3.12. The highest BCUT2D eigenvalue weighted by molar-refractivity contribution is 6.75. The maximum absolute atomic E-state index is 13.1. The third-order valence-corrected chi connectivity index (χ3v) is 17.4. The summed E-state index contributed by atoms with van der Waals surface area (Å²) in [4.78, 5) is 13.1. The summed E-state index contributed by atoms with van der Waals surface area (Å²) in [5.41, 5.74) is 2.17. The van der Waals surface area contributed by atoms with Gasteiger partial charge in [-0.15, -0.1) is 0 Å². The van der Waals surface area contributed by atoms with E-state index in [1.54, 1.807) is 0 Å². The Bertz CT molecular complexity index is 1240. The van der Waals surface area contributed by atoms with Crippen molar-refractivity contribution in [1.29, 1.82) is 0 Å². The van der Waals surface area contributed by atoms with Crippen LogP contribution in [0.3, 0.4) is 0 Å². The quantitative estimate of drug-likeness (QED) is 0.229. The van der Waals surface area contributed by atoms with E-state index >= 15 is 0 Å². The Labute approximate surface area is 230 Å². The highest BCUT2D eigenvalue weighted by atomic mass is 28.4. The second kappa shape index (κ2) is 9.42. The predicted molar refractivity (Wildman–Crippen MR) is 160 cm³/mol. The molecule has 3 aromatic rings. The minimum absolute atomic E-state index is 0.0983. The number of benzene rings is 3. The minimum Gasteiger partial charge on any atom is -0.544 e. The molecule has 0 saturated carbocycles. The van der Waals surface area contributed by atoms with E-state index in [0.717, 1.165) is 28.2 Å². The van der Waals surface area contributed by atoms with Gasteiger partial charge in [0, 0.05) is 16.7 Å². The van der Waals surface area contributed by atoms with Crippen LogP contribution in [0.4, 0.5) is 0 Å². The molecule has 38 heavy (non-hydrogen) atoms. The number of ether oxygens (including phenoxy) is 1. The van der Waals surface area contributed by atoms with Gasteiger partial charge in [-0.05, 0) is 66.6 Å². The molecule has 1 aliphatic rings. The molecular weight excluding hydrogens is 505 g/mol. The highest BCUT2D eigenvalue weighted by Gasteiger charge is 2.48. The van der Waals surface area contributed by atoms with Gasteiger partial charge in [-0.25, -0.2) is 4.79 Å². The first-order chi connectivity index (χ1) is 17.5. The van der Waals surface area contributed by atoms with Gasteiger partial charge in [-0.3, -0.25) is 0 Å². The molecule has 0 bridgehead atoms. The number of esters is 1. The van der Waals surface area contributed by atoms with E-state index in [1.807, 2.05) is 72.8 Å². The molecule has 1 aliphatic heterocycles. The number of rotatable bonds is 6. The molecule has 6 heteroatoms. The molecule has 0 aromatic heterocycles. The van der Waals surface area contributed by atoms with Crippen molar-refractivity contribution in [2.45, 2.75) is 83.4 Å². The number of hydrogen-bond donors (Lipinski definition) is 0. The summed E-state index contributed by atoms with van der Waals surface area (Å²) in [5, 5.41) is 0.197. The van der Waals surface area contributed by atoms with Crippen molar-refractivity contribution in [3.8, 4) is 11.5 Å². The number of carbonyl (C=O) groups is 1. The molecule has 3 aromatic carbocycles.